The molecular weight excluding hydrogens is 510 g/mol. The highest BCUT2D eigenvalue weighted by Gasteiger charge is 2.37. The maximum atomic E-state index is 12.5. The zero-order valence-corrected chi connectivity index (χ0v) is 24.4. The molecule has 220 valence electrons. The van der Waals surface area contributed by atoms with Crippen molar-refractivity contribution in [3.05, 3.63) is 23.8 Å². The third kappa shape index (κ3) is 11.1. The maximum Gasteiger partial charge on any atom is 0.514 e. The molecule has 0 aliphatic carbocycles. The molecule has 0 aromatic heterocycles. The standard InChI is InChI=1S/C28H43NO10/c1-10-26(6,7)38-24(33)36-20-13-12-19(14-21(20)37-25(34)39-27(8,9)11-2)16-28(29,23(31)32)15-18(5)35-22(30)17(3)4/h12-14,17-18H,10-11,15-16,29H2,1-9H3,(H,31,32)/t18-,28?/m0/s1. The van der Waals surface area contributed by atoms with Gasteiger partial charge in [-0.1, -0.05) is 33.8 Å². The number of rotatable bonds is 13. The van der Waals surface area contributed by atoms with Gasteiger partial charge in [-0.25, -0.2) is 9.59 Å². The van der Waals surface area contributed by atoms with Crippen LogP contribution in [-0.2, 0) is 30.2 Å². The van der Waals surface area contributed by atoms with E-state index in [1.807, 2.05) is 13.8 Å². The van der Waals surface area contributed by atoms with Gasteiger partial charge in [-0.05, 0) is 65.2 Å². The Balaban J connectivity index is 3.30. The third-order valence-electron chi connectivity index (χ3n) is 6.20. The van der Waals surface area contributed by atoms with E-state index in [0.29, 0.717) is 18.4 Å². The van der Waals surface area contributed by atoms with Crippen molar-refractivity contribution in [2.45, 2.75) is 111 Å². The Morgan fingerprint density at radius 2 is 1.36 bits per heavy atom. The van der Waals surface area contributed by atoms with E-state index in [1.54, 1.807) is 48.5 Å². The number of ether oxygens (including phenoxy) is 5. The highest BCUT2D eigenvalue weighted by atomic mass is 16.8. The van der Waals surface area contributed by atoms with Crippen LogP contribution in [0.25, 0.3) is 0 Å². The Kier molecular flexibility index (Phi) is 11.8. The fourth-order valence-corrected chi connectivity index (χ4v) is 3.13. The van der Waals surface area contributed by atoms with Crippen LogP contribution in [0.2, 0.25) is 0 Å². The lowest BCUT2D eigenvalue weighted by Gasteiger charge is -2.28. The van der Waals surface area contributed by atoms with Gasteiger partial charge in [0.25, 0.3) is 0 Å². The second-order valence-corrected chi connectivity index (χ2v) is 11.2. The summed E-state index contributed by atoms with van der Waals surface area (Å²) in [6, 6.07) is 4.16. The van der Waals surface area contributed by atoms with Gasteiger partial charge in [-0.15, -0.1) is 0 Å². The summed E-state index contributed by atoms with van der Waals surface area (Å²) in [5.41, 5.74) is 3.17. The summed E-state index contributed by atoms with van der Waals surface area (Å²) >= 11 is 0. The summed E-state index contributed by atoms with van der Waals surface area (Å²) in [6.45, 7) is 15.4. The van der Waals surface area contributed by atoms with Crippen LogP contribution in [0.5, 0.6) is 11.5 Å². The number of esters is 1. The van der Waals surface area contributed by atoms with E-state index < -0.39 is 47.1 Å². The maximum absolute atomic E-state index is 12.5. The molecule has 2 atom stereocenters. The van der Waals surface area contributed by atoms with Crippen molar-refractivity contribution >= 4 is 24.2 Å². The first-order valence-electron chi connectivity index (χ1n) is 13.0. The highest BCUT2D eigenvalue weighted by Crippen LogP contribution is 2.32. The Labute approximate surface area is 230 Å². The molecule has 0 heterocycles. The average molecular weight is 554 g/mol. The number of carbonyl (C=O) groups excluding carboxylic acids is 3. The van der Waals surface area contributed by atoms with Crippen LogP contribution in [0.3, 0.4) is 0 Å². The molecule has 1 aromatic rings. The van der Waals surface area contributed by atoms with E-state index in [9.17, 15) is 24.3 Å². The molecule has 3 N–H and O–H groups in total. The van der Waals surface area contributed by atoms with Gasteiger partial charge in [0.2, 0.25) is 0 Å². The van der Waals surface area contributed by atoms with Gasteiger partial charge in [0.15, 0.2) is 11.5 Å². The van der Waals surface area contributed by atoms with E-state index in [4.69, 9.17) is 29.4 Å². The smallest absolute Gasteiger partial charge is 0.480 e. The zero-order valence-electron chi connectivity index (χ0n) is 24.4. The van der Waals surface area contributed by atoms with Crippen molar-refractivity contribution < 1.29 is 48.0 Å². The highest BCUT2D eigenvalue weighted by molar-refractivity contribution is 5.79. The lowest BCUT2D eigenvalue weighted by atomic mass is 9.86. The van der Waals surface area contributed by atoms with Gasteiger partial charge in [0.05, 0.1) is 5.92 Å². The molecule has 0 radical (unpaired) electrons. The molecule has 0 spiro atoms. The molecule has 1 rings (SSSR count). The molecule has 11 heteroatoms. The van der Waals surface area contributed by atoms with Crippen molar-refractivity contribution in [2.75, 3.05) is 0 Å². The summed E-state index contributed by atoms with van der Waals surface area (Å²) in [4.78, 5) is 49.0. The van der Waals surface area contributed by atoms with Crippen LogP contribution in [0.1, 0.15) is 87.1 Å². The average Bonchev–Trinajstić information content (AvgIpc) is 2.79. The Hall–Kier alpha value is -3.34. The van der Waals surface area contributed by atoms with Crippen LogP contribution in [-0.4, -0.2) is 52.2 Å². The van der Waals surface area contributed by atoms with Gasteiger partial charge in [-0.3, -0.25) is 9.59 Å². The van der Waals surface area contributed by atoms with Crippen LogP contribution < -0.4 is 15.2 Å². The number of carboxylic acid groups (broad SMARTS) is 1. The van der Waals surface area contributed by atoms with Gasteiger partial charge in [-0.2, -0.15) is 0 Å². The lowest BCUT2D eigenvalue weighted by Crippen LogP contribution is -2.52. The molecule has 1 unspecified atom stereocenters. The minimum atomic E-state index is -1.83. The van der Waals surface area contributed by atoms with Crippen molar-refractivity contribution in [1.82, 2.24) is 0 Å². The molecule has 0 bridgehead atoms. The topological polar surface area (TPSA) is 161 Å². The third-order valence-corrected chi connectivity index (χ3v) is 6.20. The number of hydrogen-bond acceptors (Lipinski definition) is 10. The van der Waals surface area contributed by atoms with E-state index in [0.717, 1.165) is 0 Å². The van der Waals surface area contributed by atoms with E-state index in [1.165, 1.54) is 18.2 Å². The molecule has 0 fully saturated rings. The fourth-order valence-electron chi connectivity index (χ4n) is 3.13. The molecule has 0 saturated carbocycles. The predicted octanol–water partition coefficient (Wildman–Crippen LogP) is 5.40. The minimum absolute atomic E-state index is 0.140. The van der Waals surface area contributed by atoms with Crippen molar-refractivity contribution in [2.24, 2.45) is 11.7 Å². The van der Waals surface area contributed by atoms with Gasteiger partial charge in [0.1, 0.15) is 22.8 Å². The zero-order chi connectivity index (χ0) is 30.2. The summed E-state index contributed by atoms with van der Waals surface area (Å²) in [5, 5.41) is 9.90. The Morgan fingerprint density at radius 3 is 1.79 bits per heavy atom. The van der Waals surface area contributed by atoms with E-state index in [-0.39, 0.29) is 30.3 Å². The molecular formula is C28H43NO10. The SMILES string of the molecule is CCC(C)(C)OC(=O)Oc1ccc(CC(N)(C[C@H](C)OC(=O)C(C)C)C(=O)O)cc1OC(=O)OC(C)(C)CC. The van der Waals surface area contributed by atoms with Crippen LogP contribution in [0.15, 0.2) is 18.2 Å². The molecule has 0 amide bonds. The quantitative estimate of drug-likeness (QED) is 0.183. The van der Waals surface area contributed by atoms with Crippen molar-refractivity contribution in [3.63, 3.8) is 0 Å². The van der Waals surface area contributed by atoms with Crippen LogP contribution in [0, 0.1) is 5.92 Å². The number of carbonyl (C=O) groups is 4. The first-order valence-corrected chi connectivity index (χ1v) is 13.0. The monoisotopic (exact) mass is 553 g/mol. The second kappa shape index (κ2) is 13.6. The molecule has 1 aromatic carbocycles. The van der Waals surface area contributed by atoms with Gasteiger partial charge < -0.3 is 34.5 Å². The number of carboxylic acids is 1. The summed E-state index contributed by atoms with van der Waals surface area (Å²) in [6.07, 6.45) is -2.19. The van der Waals surface area contributed by atoms with Crippen molar-refractivity contribution in [3.8, 4) is 11.5 Å². The number of nitrogens with two attached hydrogens (primary N) is 1. The first kappa shape index (κ1) is 33.7. The van der Waals surface area contributed by atoms with Crippen molar-refractivity contribution in [1.29, 1.82) is 0 Å². The first-order chi connectivity index (χ1) is 17.8. The molecule has 0 saturated heterocycles. The van der Waals surface area contributed by atoms with E-state index in [2.05, 4.69) is 0 Å². The minimum Gasteiger partial charge on any atom is -0.480 e. The number of hydrogen-bond donors (Lipinski definition) is 2. The Bertz CT molecular complexity index is 1030. The molecule has 0 aliphatic heterocycles. The summed E-state index contributed by atoms with van der Waals surface area (Å²) < 4.78 is 26.6. The lowest BCUT2D eigenvalue weighted by molar-refractivity contribution is -0.156. The van der Waals surface area contributed by atoms with Gasteiger partial charge >= 0.3 is 24.2 Å². The molecule has 39 heavy (non-hydrogen) atoms. The predicted molar refractivity (Wildman–Crippen MR) is 143 cm³/mol. The van der Waals surface area contributed by atoms with E-state index >= 15 is 0 Å². The summed E-state index contributed by atoms with van der Waals surface area (Å²) in [5.74, 6) is -2.50. The Morgan fingerprint density at radius 1 is 0.872 bits per heavy atom. The normalized spacial score (nSPS) is 14.1. The summed E-state index contributed by atoms with van der Waals surface area (Å²) in [7, 11) is 0. The second-order valence-electron chi connectivity index (χ2n) is 11.2. The van der Waals surface area contributed by atoms with Gasteiger partial charge in [0, 0.05) is 12.8 Å². The van der Waals surface area contributed by atoms with Crippen LogP contribution >= 0.6 is 0 Å². The number of aliphatic carboxylic acids is 1. The molecule has 0 aliphatic rings. The largest absolute Gasteiger partial charge is 0.514 e. The molecule has 11 nitrogen and oxygen atoms in total. The van der Waals surface area contributed by atoms with Crippen LogP contribution in [0.4, 0.5) is 9.59 Å². The fraction of sp³-hybridized carbons (Fsp3) is 0.643. The number of benzene rings is 1.